The van der Waals surface area contributed by atoms with Gasteiger partial charge >= 0.3 is 0 Å². The van der Waals surface area contributed by atoms with E-state index in [0.29, 0.717) is 10.4 Å². The van der Waals surface area contributed by atoms with Crippen LogP contribution in [0.5, 0.6) is 0 Å². The molecule has 0 saturated heterocycles. The van der Waals surface area contributed by atoms with Crippen molar-refractivity contribution in [1.82, 2.24) is 15.1 Å². The van der Waals surface area contributed by atoms with E-state index in [2.05, 4.69) is 20.4 Å². The fourth-order valence-electron chi connectivity index (χ4n) is 4.10. The molecule has 1 aromatic heterocycles. The standard InChI is InChI=1S/C20H18ClN5O/c1-26-10-9-22-19(26)16-17(11-5-7-12(21)8-6-11)23-14-4-2-3-13-15(14)18(16)24-25-20(13)27/h2-8,16-17,23H,9-10H2,1H3,(H,25,27)/t16-,17+/m0/s1. The van der Waals surface area contributed by atoms with Gasteiger partial charge in [-0.1, -0.05) is 29.8 Å². The van der Waals surface area contributed by atoms with Gasteiger partial charge in [0.25, 0.3) is 5.56 Å². The largest absolute Gasteiger partial charge is 0.377 e. The molecule has 0 amide bonds. The van der Waals surface area contributed by atoms with Crippen molar-refractivity contribution < 1.29 is 0 Å². The molecule has 2 N–H and O–H groups in total. The van der Waals surface area contributed by atoms with E-state index in [-0.39, 0.29) is 17.5 Å². The molecule has 0 unspecified atom stereocenters. The lowest BCUT2D eigenvalue weighted by Gasteiger charge is -2.36. The molecule has 2 aromatic carbocycles. The Hall–Kier alpha value is -2.86. The predicted octanol–water partition coefficient (Wildman–Crippen LogP) is 3.17. The van der Waals surface area contributed by atoms with Gasteiger partial charge in [-0.25, -0.2) is 5.10 Å². The molecule has 3 heterocycles. The quantitative estimate of drug-likeness (QED) is 0.717. The van der Waals surface area contributed by atoms with E-state index < -0.39 is 0 Å². The second-order valence-corrected chi connectivity index (χ2v) is 7.42. The number of aromatic nitrogens is 2. The first-order chi connectivity index (χ1) is 13.1. The monoisotopic (exact) mass is 379 g/mol. The van der Waals surface area contributed by atoms with Crippen molar-refractivity contribution in [2.24, 2.45) is 4.99 Å². The summed E-state index contributed by atoms with van der Waals surface area (Å²) in [7, 11) is 2.05. The van der Waals surface area contributed by atoms with Gasteiger partial charge in [0, 0.05) is 29.7 Å². The Morgan fingerprint density at radius 3 is 2.74 bits per heavy atom. The van der Waals surface area contributed by atoms with Crippen molar-refractivity contribution in [3.63, 3.8) is 0 Å². The molecule has 2 atom stereocenters. The molecule has 2 aliphatic heterocycles. The lowest BCUT2D eigenvalue weighted by molar-refractivity contribution is 0.518. The maximum absolute atomic E-state index is 12.3. The van der Waals surface area contributed by atoms with Gasteiger partial charge < -0.3 is 10.2 Å². The van der Waals surface area contributed by atoms with Gasteiger partial charge in [0.2, 0.25) is 0 Å². The van der Waals surface area contributed by atoms with Gasteiger partial charge in [-0.3, -0.25) is 9.79 Å². The Labute approximate surface area is 160 Å². The first-order valence-electron chi connectivity index (χ1n) is 8.92. The van der Waals surface area contributed by atoms with E-state index in [1.165, 1.54) is 0 Å². The number of benzene rings is 2. The number of hydrogen-bond donors (Lipinski definition) is 2. The number of rotatable bonds is 2. The maximum atomic E-state index is 12.3. The molecule has 7 heteroatoms. The summed E-state index contributed by atoms with van der Waals surface area (Å²) in [4.78, 5) is 19.2. The van der Waals surface area contributed by atoms with E-state index >= 15 is 0 Å². The molecule has 0 fully saturated rings. The molecule has 0 radical (unpaired) electrons. The summed E-state index contributed by atoms with van der Waals surface area (Å²) in [5.74, 6) is 0.880. The van der Waals surface area contributed by atoms with Crippen molar-refractivity contribution in [2.75, 3.05) is 25.5 Å². The second-order valence-electron chi connectivity index (χ2n) is 6.98. The number of nitrogens with one attached hydrogen (secondary N) is 2. The molecule has 27 heavy (non-hydrogen) atoms. The zero-order chi connectivity index (χ0) is 18.5. The smallest absolute Gasteiger partial charge is 0.272 e. The molecule has 6 nitrogen and oxygen atoms in total. The van der Waals surface area contributed by atoms with E-state index in [4.69, 9.17) is 16.6 Å². The van der Waals surface area contributed by atoms with E-state index in [0.717, 1.165) is 41.3 Å². The van der Waals surface area contributed by atoms with E-state index in [1.54, 1.807) is 0 Å². The van der Waals surface area contributed by atoms with Crippen LogP contribution in [-0.2, 0) is 0 Å². The average Bonchev–Trinajstić information content (AvgIpc) is 3.10. The van der Waals surface area contributed by atoms with Gasteiger partial charge in [0.05, 0.1) is 29.6 Å². The van der Waals surface area contributed by atoms with Crippen molar-refractivity contribution >= 4 is 33.9 Å². The number of amidine groups is 1. The molecule has 5 rings (SSSR count). The number of H-pyrrole nitrogens is 1. The van der Waals surface area contributed by atoms with Crippen LogP contribution in [-0.4, -0.2) is 41.1 Å². The summed E-state index contributed by atoms with van der Waals surface area (Å²) < 4.78 is 0. The lowest BCUT2D eigenvalue weighted by atomic mass is 9.83. The predicted molar refractivity (Wildman–Crippen MR) is 108 cm³/mol. The average molecular weight is 380 g/mol. The minimum atomic E-state index is -0.178. The highest BCUT2D eigenvalue weighted by atomic mass is 35.5. The third-order valence-corrected chi connectivity index (χ3v) is 5.64. The van der Waals surface area contributed by atoms with Crippen LogP contribution in [0.3, 0.4) is 0 Å². The first-order valence-corrected chi connectivity index (χ1v) is 9.30. The van der Waals surface area contributed by atoms with E-state index in [9.17, 15) is 4.79 Å². The Kier molecular flexibility index (Phi) is 3.68. The summed E-state index contributed by atoms with van der Waals surface area (Å²) in [6.45, 7) is 1.65. The van der Waals surface area contributed by atoms with Crippen molar-refractivity contribution in [2.45, 2.75) is 12.0 Å². The Morgan fingerprint density at radius 2 is 2.00 bits per heavy atom. The number of aliphatic imine (C=N–C) groups is 1. The summed E-state index contributed by atoms with van der Waals surface area (Å²) in [6, 6.07) is 13.5. The minimum absolute atomic E-state index is 0.0573. The molecule has 2 aliphatic rings. The van der Waals surface area contributed by atoms with Crippen LogP contribution in [0.25, 0.3) is 10.8 Å². The Bertz CT molecular complexity index is 1120. The van der Waals surface area contributed by atoms with Crippen molar-refractivity contribution in [1.29, 1.82) is 0 Å². The van der Waals surface area contributed by atoms with Crippen LogP contribution in [0.4, 0.5) is 5.69 Å². The SMILES string of the molecule is CN1CCN=C1[C@@H]1c2n[nH]c(=O)c3cccc(c23)N[C@@H]1c1ccc(Cl)cc1. The van der Waals surface area contributed by atoms with Crippen LogP contribution in [0.1, 0.15) is 23.2 Å². The minimum Gasteiger partial charge on any atom is -0.377 e. The Balaban J connectivity index is 1.77. The molecule has 0 spiro atoms. The maximum Gasteiger partial charge on any atom is 0.272 e. The number of nitrogens with zero attached hydrogens (tertiary/aromatic N) is 3. The highest BCUT2D eigenvalue weighted by Gasteiger charge is 2.39. The normalized spacial score (nSPS) is 21.3. The zero-order valence-corrected chi connectivity index (χ0v) is 15.5. The van der Waals surface area contributed by atoms with Gasteiger partial charge in [-0.2, -0.15) is 5.10 Å². The van der Waals surface area contributed by atoms with Crippen LogP contribution in [0.2, 0.25) is 5.02 Å². The summed E-state index contributed by atoms with van der Waals surface area (Å²) in [6.07, 6.45) is 0. The highest BCUT2D eigenvalue weighted by molar-refractivity contribution is 6.30. The van der Waals surface area contributed by atoms with Crippen LogP contribution in [0, 0.1) is 0 Å². The third kappa shape index (κ3) is 2.51. The zero-order valence-electron chi connectivity index (χ0n) is 14.7. The van der Waals surface area contributed by atoms with Crippen molar-refractivity contribution in [3.05, 3.63) is 69.1 Å². The van der Waals surface area contributed by atoms with Gasteiger partial charge in [0.15, 0.2) is 0 Å². The van der Waals surface area contributed by atoms with Crippen LogP contribution in [0.15, 0.2) is 52.3 Å². The van der Waals surface area contributed by atoms with E-state index in [1.807, 2.05) is 49.5 Å². The summed E-state index contributed by atoms with van der Waals surface area (Å²) >= 11 is 6.10. The fourth-order valence-corrected chi connectivity index (χ4v) is 4.23. The van der Waals surface area contributed by atoms with Crippen LogP contribution < -0.4 is 10.9 Å². The number of hydrogen-bond acceptors (Lipinski definition) is 5. The molecule has 136 valence electrons. The topological polar surface area (TPSA) is 73.4 Å². The molecular weight excluding hydrogens is 362 g/mol. The molecule has 0 aliphatic carbocycles. The summed E-state index contributed by atoms with van der Waals surface area (Å²) in [5.41, 5.74) is 2.69. The molecular formula is C20H18ClN5O. The number of anilines is 1. The van der Waals surface area contributed by atoms with Crippen molar-refractivity contribution in [3.8, 4) is 0 Å². The van der Waals surface area contributed by atoms with Gasteiger partial charge in [-0.05, 0) is 29.8 Å². The number of likely N-dealkylation sites (N-methyl/N-ethyl adjacent to an activating group) is 1. The number of halogens is 1. The summed E-state index contributed by atoms with van der Waals surface area (Å²) in [5, 5.41) is 13.0. The number of aromatic amines is 1. The molecule has 0 bridgehead atoms. The lowest BCUT2D eigenvalue weighted by Crippen LogP contribution is -2.37. The molecule has 3 aromatic rings. The first kappa shape index (κ1) is 16.3. The third-order valence-electron chi connectivity index (χ3n) is 5.39. The molecule has 0 saturated carbocycles. The Morgan fingerprint density at radius 1 is 1.19 bits per heavy atom. The van der Waals surface area contributed by atoms with Gasteiger partial charge in [-0.15, -0.1) is 0 Å². The fraction of sp³-hybridized carbons (Fsp3) is 0.250. The highest BCUT2D eigenvalue weighted by Crippen LogP contribution is 2.44. The van der Waals surface area contributed by atoms with Crippen LogP contribution >= 0.6 is 11.6 Å². The second kappa shape index (κ2) is 6.09. The van der Waals surface area contributed by atoms with Gasteiger partial charge in [0.1, 0.15) is 5.84 Å².